The molecule has 0 unspecified atom stereocenters. The van der Waals surface area contributed by atoms with Gasteiger partial charge in [0, 0.05) is 12.3 Å². The maximum atomic E-state index is 12.2. The molecule has 0 radical (unpaired) electrons. The number of ether oxygens (including phenoxy) is 2. The van der Waals surface area contributed by atoms with Crippen molar-refractivity contribution in [1.82, 2.24) is 0 Å². The first-order chi connectivity index (χ1) is 8.39. The van der Waals surface area contributed by atoms with Crippen molar-refractivity contribution in [2.75, 3.05) is 44.9 Å². The zero-order chi connectivity index (χ0) is 14.0. The summed E-state index contributed by atoms with van der Waals surface area (Å²) >= 11 is 0. The molecule has 0 rings (SSSR count). The lowest BCUT2D eigenvalue weighted by Gasteiger charge is -2.15. The second-order valence-electron chi connectivity index (χ2n) is 3.71. The molecule has 0 spiro atoms. The molecule has 0 atom stereocenters. The SMILES string of the molecule is CCP(=O)(CCOCC(=O)O)CCOCC(=O)O. The fourth-order valence-electron chi connectivity index (χ4n) is 1.21. The van der Waals surface area contributed by atoms with Gasteiger partial charge in [0.05, 0.1) is 20.4 Å². The van der Waals surface area contributed by atoms with Crippen molar-refractivity contribution >= 4 is 19.1 Å². The molecule has 0 aromatic rings. The van der Waals surface area contributed by atoms with Gasteiger partial charge < -0.3 is 24.3 Å². The topological polar surface area (TPSA) is 110 Å². The van der Waals surface area contributed by atoms with Crippen molar-refractivity contribution in [3.05, 3.63) is 0 Å². The third-order valence-corrected chi connectivity index (χ3v) is 5.46. The van der Waals surface area contributed by atoms with E-state index in [1.54, 1.807) is 6.92 Å². The second-order valence-corrected chi connectivity index (χ2v) is 7.36. The largest absolute Gasteiger partial charge is 0.480 e. The number of hydrogen-bond donors (Lipinski definition) is 2. The summed E-state index contributed by atoms with van der Waals surface area (Å²) < 4.78 is 21.9. The first-order valence-electron chi connectivity index (χ1n) is 5.56. The van der Waals surface area contributed by atoms with Crippen molar-refractivity contribution in [3.63, 3.8) is 0 Å². The zero-order valence-corrected chi connectivity index (χ0v) is 11.2. The van der Waals surface area contributed by atoms with Crippen LogP contribution in [0.2, 0.25) is 0 Å². The summed E-state index contributed by atoms with van der Waals surface area (Å²) in [7, 11) is -2.46. The highest BCUT2D eigenvalue weighted by molar-refractivity contribution is 7.63. The predicted molar refractivity (Wildman–Crippen MR) is 64.8 cm³/mol. The maximum absolute atomic E-state index is 12.2. The van der Waals surface area contributed by atoms with Crippen LogP contribution in [0.3, 0.4) is 0 Å². The first-order valence-corrected chi connectivity index (χ1v) is 7.82. The Morgan fingerprint density at radius 3 is 1.67 bits per heavy atom. The molecule has 8 heteroatoms. The van der Waals surface area contributed by atoms with Crippen LogP contribution in [-0.2, 0) is 23.6 Å². The van der Waals surface area contributed by atoms with Gasteiger partial charge in [-0.05, 0) is 6.16 Å². The fraction of sp³-hybridized carbons (Fsp3) is 0.800. The quantitative estimate of drug-likeness (QED) is 0.421. The van der Waals surface area contributed by atoms with Gasteiger partial charge in [-0.15, -0.1) is 0 Å². The highest BCUT2D eigenvalue weighted by atomic mass is 31.2. The van der Waals surface area contributed by atoms with Crippen molar-refractivity contribution in [3.8, 4) is 0 Å². The van der Waals surface area contributed by atoms with Gasteiger partial charge >= 0.3 is 11.9 Å². The number of aliphatic carboxylic acids is 2. The zero-order valence-electron chi connectivity index (χ0n) is 10.3. The molecule has 0 amide bonds. The van der Waals surface area contributed by atoms with E-state index in [-0.39, 0.29) is 25.5 Å². The second kappa shape index (κ2) is 9.08. The molecule has 0 heterocycles. The van der Waals surface area contributed by atoms with E-state index < -0.39 is 32.3 Å². The Bertz CT molecular complexity index is 289. The van der Waals surface area contributed by atoms with Gasteiger partial charge in [0.15, 0.2) is 0 Å². The van der Waals surface area contributed by atoms with Crippen LogP contribution in [-0.4, -0.2) is 67.1 Å². The molecule has 0 aromatic heterocycles. The molecule has 7 nitrogen and oxygen atoms in total. The Morgan fingerprint density at radius 2 is 1.39 bits per heavy atom. The first kappa shape index (κ1) is 17.1. The molecule has 106 valence electrons. The summed E-state index contributed by atoms with van der Waals surface area (Å²) in [5, 5.41) is 16.7. The monoisotopic (exact) mass is 282 g/mol. The average molecular weight is 282 g/mol. The van der Waals surface area contributed by atoms with Crippen LogP contribution >= 0.6 is 7.14 Å². The predicted octanol–water partition coefficient (Wildman–Crippen LogP) is 0.572. The number of hydrogen-bond acceptors (Lipinski definition) is 5. The van der Waals surface area contributed by atoms with E-state index in [4.69, 9.17) is 19.7 Å². The van der Waals surface area contributed by atoms with Crippen LogP contribution < -0.4 is 0 Å². The fourth-order valence-corrected chi connectivity index (χ4v) is 2.99. The summed E-state index contributed by atoms with van der Waals surface area (Å²) in [6.45, 7) is 1.21. The van der Waals surface area contributed by atoms with Gasteiger partial charge in [-0.1, -0.05) is 6.92 Å². The van der Waals surface area contributed by atoms with E-state index in [1.807, 2.05) is 0 Å². The van der Waals surface area contributed by atoms with Crippen LogP contribution in [0.4, 0.5) is 0 Å². The molecule has 0 aliphatic carbocycles. The van der Waals surface area contributed by atoms with Crippen molar-refractivity contribution < 1.29 is 33.8 Å². The van der Waals surface area contributed by atoms with E-state index in [9.17, 15) is 14.2 Å². The Hall–Kier alpha value is -0.910. The van der Waals surface area contributed by atoms with Crippen molar-refractivity contribution in [1.29, 1.82) is 0 Å². The Labute approximate surface area is 105 Å². The van der Waals surface area contributed by atoms with E-state index in [0.717, 1.165) is 0 Å². The molecule has 0 saturated heterocycles. The molecule has 0 saturated carbocycles. The summed E-state index contributed by atoms with van der Waals surface area (Å²) in [6, 6.07) is 0. The van der Waals surface area contributed by atoms with E-state index >= 15 is 0 Å². The van der Waals surface area contributed by atoms with Crippen molar-refractivity contribution in [2.24, 2.45) is 0 Å². The van der Waals surface area contributed by atoms with Gasteiger partial charge in [-0.2, -0.15) is 0 Å². The van der Waals surface area contributed by atoms with E-state index in [2.05, 4.69) is 0 Å². The summed E-state index contributed by atoms with van der Waals surface area (Å²) in [4.78, 5) is 20.4. The van der Waals surface area contributed by atoms with Gasteiger partial charge in [0.1, 0.15) is 13.2 Å². The van der Waals surface area contributed by atoms with E-state index in [0.29, 0.717) is 6.16 Å². The Balaban J connectivity index is 3.84. The normalized spacial score (nSPS) is 11.4. The van der Waals surface area contributed by atoms with Gasteiger partial charge in [0.25, 0.3) is 0 Å². The van der Waals surface area contributed by atoms with Gasteiger partial charge in [-0.25, -0.2) is 9.59 Å². The molecule has 0 aliphatic heterocycles. The number of carbonyl (C=O) groups is 2. The highest BCUT2D eigenvalue weighted by Crippen LogP contribution is 2.44. The smallest absolute Gasteiger partial charge is 0.329 e. The standard InChI is InChI=1S/C10H19O7P/c1-2-18(15,5-3-16-7-9(11)12)6-4-17-8-10(13)14/h2-8H2,1H3,(H,11,12)(H,13,14). The minimum absolute atomic E-state index is 0.121. The minimum Gasteiger partial charge on any atom is -0.480 e. The molecular weight excluding hydrogens is 263 g/mol. The summed E-state index contributed by atoms with van der Waals surface area (Å²) in [5.41, 5.74) is 0. The molecule has 0 aromatic carbocycles. The molecular formula is C10H19O7P. The number of carboxylic acids is 2. The Morgan fingerprint density at radius 1 is 1.00 bits per heavy atom. The van der Waals surface area contributed by atoms with Crippen LogP contribution in [0, 0.1) is 0 Å². The molecule has 18 heavy (non-hydrogen) atoms. The molecule has 0 fully saturated rings. The lowest BCUT2D eigenvalue weighted by Crippen LogP contribution is -2.14. The minimum atomic E-state index is -2.46. The number of rotatable bonds is 11. The summed E-state index contributed by atoms with van der Waals surface area (Å²) in [6.07, 6.45) is 1.03. The van der Waals surface area contributed by atoms with Gasteiger partial charge in [-0.3, -0.25) is 0 Å². The maximum Gasteiger partial charge on any atom is 0.329 e. The third kappa shape index (κ3) is 9.15. The Kier molecular flexibility index (Phi) is 8.62. The van der Waals surface area contributed by atoms with Crippen molar-refractivity contribution in [2.45, 2.75) is 6.92 Å². The summed E-state index contributed by atoms with van der Waals surface area (Å²) in [5.74, 6) is -2.13. The van der Waals surface area contributed by atoms with Gasteiger partial charge in [0.2, 0.25) is 0 Å². The van der Waals surface area contributed by atoms with Crippen LogP contribution in [0.15, 0.2) is 0 Å². The number of carboxylic acid groups (broad SMARTS) is 2. The lowest BCUT2D eigenvalue weighted by atomic mass is 10.7. The molecule has 2 N–H and O–H groups in total. The lowest BCUT2D eigenvalue weighted by molar-refractivity contribution is -0.142. The van der Waals surface area contributed by atoms with E-state index in [1.165, 1.54) is 0 Å². The average Bonchev–Trinajstić information content (AvgIpc) is 2.30. The molecule has 0 aliphatic rings. The molecule has 0 bridgehead atoms. The van der Waals surface area contributed by atoms with Crippen LogP contribution in [0.5, 0.6) is 0 Å². The van der Waals surface area contributed by atoms with Crippen LogP contribution in [0.1, 0.15) is 6.92 Å². The van der Waals surface area contributed by atoms with Crippen LogP contribution in [0.25, 0.3) is 0 Å². The third-order valence-electron chi connectivity index (χ3n) is 2.31. The highest BCUT2D eigenvalue weighted by Gasteiger charge is 2.19.